The van der Waals surface area contributed by atoms with Crippen molar-refractivity contribution < 1.29 is 4.79 Å². The van der Waals surface area contributed by atoms with E-state index in [4.69, 9.17) is 11.6 Å². The van der Waals surface area contributed by atoms with Gasteiger partial charge in [0, 0.05) is 18.0 Å². The van der Waals surface area contributed by atoms with E-state index in [1.807, 2.05) is 24.3 Å². The van der Waals surface area contributed by atoms with Crippen LogP contribution in [-0.2, 0) is 17.8 Å². The molecule has 3 heteroatoms. The maximum absolute atomic E-state index is 12.1. The minimum Gasteiger partial charge on any atom is -0.352 e. The molecular formula is C18H18ClNO. The summed E-state index contributed by atoms with van der Waals surface area (Å²) in [5.74, 6) is 0.470. The first-order valence-corrected chi connectivity index (χ1v) is 7.69. The average Bonchev–Trinajstić information content (AvgIpc) is 2.89. The zero-order chi connectivity index (χ0) is 14.7. The van der Waals surface area contributed by atoms with E-state index in [2.05, 4.69) is 29.6 Å². The minimum atomic E-state index is 0.108. The maximum atomic E-state index is 12.1. The van der Waals surface area contributed by atoms with Gasteiger partial charge in [0.05, 0.1) is 0 Å². The Morgan fingerprint density at radius 3 is 2.90 bits per heavy atom. The third-order valence-corrected chi connectivity index (χ3v) is 4.30. The molecule has 1 aliphatic carbocycles. The van der Waals surface area contributed by atoms with Gasteiger partial charge in [-0.15, -0.1) is 0 Å². The summed E-state index contributed by atoms with van der Waals surface area (Å²) >= 11 is 5.94. The van der Waals surface area contributed by atoms with Crippen LogP contribution in [0.4, 0.5) is 0 Å². The Hall–Kier alpha value is -1.80. The van der Waals surface area contributed by atoms with Crippen LogP contribution in [0.5, 0.6) is 0 Å². The fourth-order valence-corrected chi connectivity index (χ4v) is 3.21. The van der Waals surface area contributed by atoms with E-state index in [0.29, 0.717) is 23.9 Å². The fraction of sp³-hybridized carbons (Fsp3) is 0.278. The van der Waals surface area contributed by atoms with Gasteiger partial charge in [0.2, 0.25) is 5.91 Å². The monoisotopic (exact) mass is 299 g/mol. The maximum Gasteiger partial charge on any atom is 0.220 e. The number of hydrogen-bond donors (Lipinski definition) is 1. The van der Waals surface area contributed by atoms with Crippen LogP contribution in [0.15, 0.2) is 48.5 Å². The van der Waals surface area contributed by atoms with Crippen molar-refractivity contribution >= 4 is 17.5 Å². The van der Waals surface area contributed by atoms with Gasteiger partial charge in [-0.1, -0.05) is 48.0 Å². The molecule has 0 bridgehead atoms. The minimum absolute atomic E-state index is 0.108. The van der Waals surface area contributed by atoms with Crippen LogP contribution >= 0.6 is 11.6 Å². The molecule has 0 aliphatic heterocycles. The second kappa shape index (κ2) is 6.31. The second-order valence-corrected chi connectivity index (χ2v) is 5.98. The standard InChI is InChI=1S/C18H18ClNO/c19-16-6-3-4-13(10-16)12-20-18(21)11-15-9-8-14-5-1-2-7-17(14)15/h1-7,10,15H,8-9,11-12H2,(H,20,21). The van der Waals surface area contributed by atoms with Crippen molar-refractivity contribution in [2.45, 2.75) is 31.7 Å². The summed E-state index contributed by atoms with van der Waals surface area (Å²) in [5, 5.41) is 3.69. The number of benzene rings is 2. The summed E-state index contributed by atoms with van der Waals surface area (Å²) < 4.78 is 0. The molecule has 2 nitrogen and oxygen atoms in total. The van der Waals surface area contributed by atoms with Crippen LogP contribution in [0.25, 0.3) is 0 Å². The summed E-state index contributed by atoms with van der Waals surface area (Å²) in [6.45, 7) is 0.535. The van der Waals surface area contributed by atoms with Crippen LogP contribution < -0.4 is 5.32 Å². The summed E-state index contributed by atoms with van der Waals surface area (Å²) in [6, 6.07) is 16.0. The molecule has 0 fully saturated rings. The highest BCUT2D eigenvalue weighted by atomic mass is 35.5. The zero-order valence-electron chi connectivity index (χ0n) is 11.8. The molecule has 0 saturated carbocycles. The number of hydrogen-bond acceptors (Lipinski definition) is 1. The van der Waals surface area contributed by atoms with E-state index < -0.39 is 0 Å². The van der Waals surface area contributed by atoms with Crippen LogP contribution in [-0.4, -0.2) is 5.91 Å². The number of rotatable bonds is 4. The molecular weight excluding hydrogens is 282 g/mol. The van der Waals surface area contributed by atoms with Crippen molar-refractivity contribution in [3.8, 4) is 0 Å². The molecule has 0 spiro atoms. The SMILES string of the molecule is O=C(CC1CCc2ccccc21)NCc1cccc(Cl)c1. The lowest BCUT2D eigenvalue weighted by Gasteiger charge is -2.12. The fourth-order valence-electron chi connectivity index (χ4n) is 3.00. The quantitative estimate of drug-likeness (QED) is 0.905. The van der Waals surface area contributed by atoms with Crippen molar-refractivity contribution in [1.82, 2.24) is 5.32 Å². The number of halogens is 1. The molecule has 0 heterocycles. The molecule has 3 rings (SSSR count). The first kappa shape index (κ1) is 14.2. The molecule has 0 saturated heterocycles. The van der Waals surface area contributed by atoms with Gasteiger partial charge in [-0.05, 0) is 47.6 Å². The normalized spacial score (nSPS) is 16.5. The molecule has 2 aromatic rings. The topological polar surface area (TPSA) is 29.1 Å². The van der Waals surface area contributed by atoms with Gasteiger partial charge in [-0.2, -0.15) is 0 Å². The van der Waals surface area contributed by atoms with E-state index in [-0.39, 0.29) is 5.91 Å². The van der Waals surface area contributed by atoms with Crippen molar-refractivity contribution in [3.05, 3.63) is 70.2 Å². The number of aryl methyl sites for hydroxylation is 1. The van der Waals surface area contributed by atoms with Crippen LogP contribution in [0.1, 0.15) is 35.4 Å². The molecule has 2 aromatic carbocycles. The van der Waals surface area contributed by atoms with Crippen molar-refractivity contribution in [1.29, 1.82) is 0 Å². The third kappa shape index (κ3) is 3.45. The molecule has 0 aromatic heterocycles. The van der Waals surface area contributed by atoms with Gasteiger partial charge in [0.1, 0.15) is 0 Å². The lowest BCUT2D eigenvalue weighted by atomic mass is 9.97. The van der Waals surface area contributed by atoms with E-state index in [9.17, 15) is 4.79 Å². The average molecular weight is 300 g/mol. The van der Waals surface area contributed by atoms with Gasteiger partial charge in [0.25, 0.3) is 0 Å². The van der Waals surface area contributed by atoms with Crippen molar-refractivity contribution in [3.63, 3.8) is 0 Å². The highest BCUT2D eigenvalue weighted by Crippen LogP contribution is 2.35. The summed E-state index contributed by atoms with van der Waals surface area (Å²) in [6.07, 6.45) is 2.73. The molecule has 1 amide bonds. The van der Waals surface area contributed by atoms with E-state index in [1.165, 1.54) is 11.1 Å². The Balaban J connectivity index is 1.56. The van der Waals surface area contributed by atoms with Gasteiger partial charge in [0.15, 0.2) is 0 Å². The molecule has 1 aliphatic rings. The highest BCUT2D eigenvalue weighted by Gasteiger charge is 2.23. The highest BCUT2D eigenvalue weighted by molar-refractivity contribution is 6.30. The Labute approximate surface area is 130 Å². The molecule has 1 N–H and O–H groups in total. The second-order valence-electron chi connectivity index (χ2n) is 5.55. The number of fused-ring (bicyclic) bond motifs is 1. The number of amides is 1. The van der Waals surface area contributed by atoms with Gasteiger partial charge < -0.3 is 5.32 Å². The predicted octanol–water partition coefficient (Wildman–Crippen LogP) is 4.08. The number of carbonyl (C=O) groups is 1. The molecule has 21 heavy (non-hydrogen) atoms. The third-order valence-electron chi connectivity index (χ3n) is 4.07. The van der Waals surface area contributed by atoms with Crippen molar-refractivity contribution in [2.75, 3.05) is 0 Å². The van der Waals surface area contributed by atoms with E-state index in [1.54, 1.807) is 0 Å². The Kier molecular flexibility index (Phi) is 4.26. The zero-order valence-corrected chi connectivity index (χ0v) is 12.6. The van der Waals surface area contributed by atoms with E-state index >= 15 is 0 Å². The van der Waals surface area contributed by atoms with Gasteiger partial charge in [-0.25, -0.2) is 0 Å². The summed E-state index contributed by atoms with van der Waals surface area (Å²) in [7, 11) is 0. The predicted molar refractivity (Wildman–Crippen MR) is 85.4 cm³/mol. The lowest BCUT2D eigenvalue weighted by Crippen LogP contribution is -2.24. The Bertz CT molecular complexity index is 653. The van der Waals surface area contributed by atoms with Crippen molar-refractivity contribution in [2.24, 2.45) is 0 Å². The number of carbonyl (C=O) groups excluding carboxylic acids is 1. The lowest BCUT2D eigenvalue weighted by molar-refractivity contribution is -0.121. The molecule has 1 unspecified atom stereocenters. The smallest absolute Gasteiger partial charge is 0.220 e. The first-order valence-electron chi connectivity index (χ1n) is 7.31. The van der Waals surface area contributed by atoms with Gasteiger partial charge in [-0.3, -0.25) is 4.79 Å². The molecule has 0 radical (unpaired) electrons. The Morgan fingerprint density at radius 1 is 1.19 bits per heavy atom. The largest absolute Gasteiger partial charge is 0.352 e. The van der Waals surface area contributed by atoms with Crippen LogP contribution in [0.2, 0.25) is 5.02 Å². The van der Waals surface area contributed by atoms with Crippen LogP contribution in [0.3, 0.4) is 0 Å². The summed E-state index contributed by atoms with van der Waals surface area (Å²) in [4.78, 5) is 12.1. The Morgan fingerprint density at radius 2 is 2.05 bits per heavy atom. The summed E-state index contributed by atoms with van der Waals surface area (Å²) in [5.41, 5.74) is 3.77. The number of nitrogens with one attached hydrogen (secondary N) is 1. The first-order chi connectivity index (χ1) is 10.2. The molecule has 108 valence electrons. The van der Waals surface area contributed by atoms with E-state index in [0.717, 1.165) is 18.4 Å². The van der Waals surface area contributed by atoms with Gasteiger partial charge >= 0.3 is 0 Å². The molecule has 1 atom stereocenters. The van der Waals surface area contributed by atoms with Crippen LogP contribution in [0, 0.1) is 0 Å².